The highest BCUT2D eigenvalue weighted by molar-refractivity contribution is 6.02. The van der Waals surface area contributed by atoms with Gasteiger partial charge in [0.15, 0.2) is 5.96 Å². The third kappa shape index (κ3) is 13.4. The standard InChI is InChI=1S/C41H53N11O6/c1-24(2)19-33(49-35(53)23-48-38(56)34(20-25-11-4-3-5-12-25)52-37(55)28-14-6-8-15-29(28)42)40(58)50-31(17-10-18-46-41(44)45)39(57)51-32(36(43)54)21-26-22-47-30-16-9-7-13-27(26)30/h3-9,11-16,22,24,31-34,47H,10,17-21,23,42H2,1-2H3,(H2,43,54)(H,48,56)(H,49,53)(H,50,58)(H,51,57)(H,52,55)(H4,44,45,46)/t31-,32-,33-,34-/m0/s1. The summed E-state index contributed by atoms with van der Waals surface area (Å²) < 4.78 is 0. The SMILES string of the molecule is CC(C)C[C@H](NC(=O)CNC(=O)[C@H](Cc1ccccc1)NC(=O)c1ccccc1N)C(=O)N[C@@H](CCCNC(=N)N)C(=O)N[C@@H](Cc1c[nH]c2ccccc12)C(N)=O. The van der Waals surface area contributed by atoms with Crippen LogP contribution in [0.4, 0.5) is 5.69 Å². The van der Waals surface area contributed by atoms with Gasteiger partial charge in [0.25, 0.3) is 5.91 Å². The van der Waals surface area contributed by atoms with Crippen molar-refractivity contribution in [3.8, 4) is 0 Å². The van der Waals surface area contributed by atoms with Crippen LogP contribution in [0.5, 0.6) is 0 Å². The predicted molar refractivity (Wildman–Crippen MR) is 221 cm³/mol. The smallest absolute Gasteiger partial charge is 0.254 e. The molecule has 0 spiro atoms. The molecule has 3 aromatic carbocycles. The Labute approximate surface area is 336 Å². The van der Waals surface area contributed by atoms with E-state index in [1.165, 1.54) is 6.07 Å². The molecule has 1 heterocycles. The number of hydrogen-bond donors (Lipinski definition) is 11. The van der Waals surface area contributed by atoms with Crippen LogP contribution >= 0.6 is 0 Å². The molecule has 6 amide bonds. The maximum atomic E-state index is 13.8. The predicted octanol–water partition coefficient (Wildman–Crippen LogP) is 0.699. The van der Waals surface area contributed by atoms with Crippen LogP contribution in [0.3, 0.4) is 0 Å². The molecule has 4 aromatic rings. The maximum Gasteiger partial charge on any atom is 0.254 e. The van der Waals surface area contributed by atoms with Crippen molar-refractivity contribution in [1.82, 2.24) is 36.9 Å². The van der Waals surface area contributed by atoms with Crippen molar-refractivity contribution in [2.75, 3.05) is 18.8 Å². The number of fused-ring (bicyclic) bond motifs is 1. The molecule has 17 heteroatoms. The molecule has 4 rings (SSSR count). The summed E-state index contributed by atoms with van der Waals surface area (Å²) in [5.74, 6) is -4.36. The largest absolute Gasteiger partial charge is 0.398 e. The van der Waals surface area contributed by atoms with Gasteiger partial charge in [-0.15, -0.1) is 0 Å². The first-order chi connectivity index (χ1) is 27.7. The Hall–Kier alpha value is -6.91. The number of benzene rings is 3. The molecule has 0 aliphatic rings. The van der Waals surface area contributed by atoms with Crippen LogP contribution in [0, 0.1) is 11.3 Å². The molecule has 0 aliphatic carbocycles. The number of guanidine groups is 1. The van der Waals surface area contributed by atoms with Gasteiger partial charge in [0.05, 0.1) is 12.1 Å². The zero-order chi connectivity index (χ0) is 42.2. The van der Waals surface area contributed by atoms with E-state index >= 15 is 0 Å². The number of nitrogens with one attached hydrogen (secondary N) is 8. The fraction of sp³-hybridized carbons (Fsp3) is 0.341. The van der Waals surface area contributed by atoms with Crippen LogP contribution in [0.25, 0.3) is 10.9 Å². The number of nitrogens with two attached hydrogens (primary N) is 3. The van der Waals surface area contributed by atoms with Crippen LogP contribution in [-0.4, -0.2) is 83.6 Å². The first-order valence-electron chi connectivity index (χ1n) is 19.0. The molecule has 58 heavy (non-hydrogen) atoms. The number of primary amides is 1. The molecule has 0 fully saturated rings. The second-order valence-electron chi connectivity index (χ2n) is 14.3. The molecule has 308 valence electrons. The molecule has 0 saturated carbocycles. The van der Waals surface area contributed by atoms with Crippen LogP contribution in [-0.2, 0) is 36.8 Å². The van der Waals surface area contributed by atoms with E-state index in [0.717, 1.165) is 22.0 Å². The lowest BCUT2D eigenvalue weighted by molar-refractivity contribution is -0.133. The number of aromatic amines is 1. The zero-order valence-corrected chi connectivity index (χ0v) is 32.6. The maximum absolute atomic E-state index is 13.8. The highest BCUT2D eigenvalue weighted by atomic mass is 16.2. The van der Waals surface area contributed by atoms with E-state index in [1.807, 2.05) is 44.2 Å². The number of carbonyl (C=O) groups is 6. The molecule has 17 nitrogen and oxygen atoms in total. The Balaban J connectivity index is 1.44. The summed E-state index contributed by atoms with van der Waals surface area (Å²) in [5.41, 5.74) is 19.9. The van der Waals surface area contributed by atoms with E-state index in [2.05, 4.69) is 36.9 Å². The van der Waals surface area contributed by atoms with Gasteiger partial charge >= 0.3 is 0 Å². The van der Waals surface area contributed by atoms with Gasteiger partial charge in [-0.05, 0) is 54.5 Å². The number of carbonyl (C=O) groups excluding carboxylic acids is 6. The molecule has 0 aliphatic heterocycles. The number of anilines is 1. The highest BCUT2D eigenvalue weighted by Gasteiger charge is 2.30. The summed E-state index contributed by atoms with van der Waals surface area (Å²) >= 11 is 0. The second kappa shape index (κ2) is 21.4. The number of rotatable bonds is 21. The summed E-state index contributed by atoms with van der Waals surface area (Å²) in [7, 11) is 0. The van der Waals surface area contributed by atoms with Gasteiger partial charge in [0, 0.05) is 42.2 Å². The minimum atomic E-state index is -1.17. The molecule has 4 atom stereocenters. The van der Waals surface area contributed by atoms with Crippen LogP contribution < -0.4 is 49.1 Å². The van der Waals surface area contributed by atoms with E-state index in [0.29, 0.717) is 6.42 Å². The van der Waals surface area contributed by atoms with Gasteiger partial charge in [-0.1, -0.05) is 74.5 Å². The Morgan fingerprint density at radius 1 is 0.707 bits per heavy atom. The van der Waals surface area contributed by atoms with Crippen molar-refractivity contribution >= 4 is 58.0 Å². The summed E-state index contributed by atoms with van der Waals surface area (Å²) in [4.78, 5) is 83.1. The monoisotopic (exact) mass is 795 g/mol. The minimum Gasteiger partial charge on any atom is -0.398 e. The average molecular weight is 796 g/mol. The third-order valence-electron chi connectivity index (χ3n) is 9.27. The Morgan fingerprint density at radius 3 is 2.05 bits per heavy atom. The number of nitrogen functional groups attached to an aromatic ring is 1. The van der Waals surface area contributed by atoms with Gasteiger partial charge in [0.1, 0.15) is 24.2 Å². The summed E-state index contributed by atoms with van der Waals surface area (Å²) in [6.45, 7) is 3.40. The number of para-hydroxylation sites is 2. The molecule has 0 radical (unpaired) electrons. The lowest BCUT2D eigenvalue weighted by Gasteiger charge is -2.26. The van der Waals surface area contributed by atoms with E-state index in [4.69, 9.17) is 22.6 Å². The van der Waals surface area contributed by atoms with Crippen molar-refractivity contribution in [2.24, 2.45) is 17.4 Å². The fourth-order valence-corrected chi connectivity index (χ4v) is 6.32. The van der Waals surface area contributed by atoms with Crippen molar-refractivity contribution in [2.45, 2.75) is 70.1 Å². The molecular formula is C41H53N11O6. The van der Waals surface area contributed by atoms with Crippen molar-refractivity contribution in [3.05, 3.63) is 102 Å². The van der Waals surface area contributed by atoms with Gasteiger partial charge in [-0.25, -0.2) is 0 Å². The van der Waals surface area contributed by atoms with Crippen molar-refractivity contribution in [3.63, 3.8) is 0 Å². The molecule has 0 unspecified atom stereocenters. The summed E-state index contributed by atoms with van der Waals surface area (Å²) in [5, 5.41) is 24.3. The molecular weight excluding hydrogens is 743 g/mol. The van der Waals surface area contributed by atoms with E-state index in [1.54, 1.807) is 48.7 Å². The highest BCUT2D eigenvalue weighted by Crippen LogP contribution is 2.19. The van der Waals surface area contributed by atoms with Gasteiger partial charge < -0.3 is 54.1 Å². The molecule has 1 aromatic heterocycles. The van der Waals surface area contributed by atoms with Crippen molar-refractivity contribution in [1.29, 1.82) is 5.41 Å². The van der Waals surface area contributed by atoms with Crippen LogP contribution in [0.15, 0.2) is 85.1 Å². The van der Waals surface area contributed by atoms with E-state index in [9.17, 15) is 28.8 Å². The molecule has 0 bridgehead atoms. The number of amides is 6. The second-order valence-corrected chi connectivity index (χ2v) is 14.3. The van der Waals surface area contributed by atoms with Gasteiger partial charge in [0.2, 0.25) is 29.5 Å². The first-order valence-corrected chi connectivity index (χ1v) is 19.0. The number of aromatic nitrogens is 1. The third-order valence-corrected chi connectivity index (χ3v) is 9.27. The zero-order valence-electron chi connectivity index (χ0n) is 32.6. The minimum absolute atomic E-state index is 0.0796. The first kappa shape index (κ1) is 43.8. The Bertz CT molecular complexity index is 2070. The summed E-state index contributed by atoms with van der Waals surface area (Å²) in [6, 6.07) is 18.5. The lowest BCUT2D eigenvalue weighted by Crippen LogP contribution is -2.57. The Kier molecular flexibility index (Phi) is 16.2. The average Bonchev–Trinajstić information content (AvgIpc) is 3.60. The fourth-order valence-electron chi connectivity index (χ4n) is 6.32. The van der Waals surface area contributed by atoms with E-state index in [-0.39, 0.29) is 55.4 Å². The van der Waals surface area contributed by atoms with Crippen LogP contribution in [0.2, 0.25) is 0 Å². The Morgan fingerprint density at radius 2 is 1.36 bits per heavy atom. The van der Waals surface area contributed by atoms with E-state index < -0.39 is 66.2 Å². The molecule has 0 saturated heterocycles. The lowest BCUT2D eigenvalue weighted by atomic mass is 10.0. The number of H-pyrrole nitrogens is 1. The van der Waals surface area contributed by atoms with Gasteiger partial charge in [-0.2, -0.15) is 0 Å². The topological polar surface area (TPSA) is 292 Å². The normalized spacial score (nSPS) is 13.0. The quantitative estimate of drug-likeness (QED) is 0.0245. The summed E-state index contributed by atoms with van der Waals surface area (Å²) in [6.07, 6.45) is 2.51. The number of hydrogen-bond acceptors (Lipinski definition) is 8. The molecule has 14 N–H and O–H groups in total. The van der Waals surface area contributed by atoms with Gasteiger partial charge in [-0.3, -0.25) is 34.2 Å². The van der Waals surface area contributed by atoms with Crippen LogP contribution in [0.1, 0.15) is 54.6 Å². The van der Waals surface area contributed by atoms with Crippen molar-refractivity contribution < 1.29 is 28.8 Å².